The van der Waals surface area contributed by atoms with Gasteiger partial charge in [0.15, 0.2) is 6.29 Å². The summed E-state index contributed by atoms with van der Waals surface area (Å²) in [7, 11) is 0. The van der Waals surface area contributed by atoms with E-state index in [1.54, 1.807) is 30.3 Å². The van der Waals surface area contributed by atoms with Gasteiger partial charge >= 0.3 is 0 Å². The number of fused-ring (bicyclic) bond motifs is 1. The lowest BCUT2D eigenvalue weighted by molar-refractivity contribution is 0.111. The fraction of sp³-hybridized carbons (Fsp3) is 0. The van der Waals surface area contributed by atoms with Gasteiger partial charge in [0.25, 0.3) is 5.56 Å². The first kappa shape index (κ1) is 7.73. The number of hydrogen-bond acceptors (Lipinski definition) is 2. The smallest absolute Gasteiger partial charge is 0.255 e. The van der Waals surface area contributed by atoms with Crippen LogP contribution >= 0.6 is 0 Å². The van der Waals surface area contributed by atoms with Crippen molar-refractivity contribution in [2.45, 2.75) is 0 Å². The normalized spacial score (nSPS) is 10.2. The molecule has 2 aromatic heterocycles. The van der Waals surface area contributed by atoms with Gasteiger partial charge in [-0.3, -0.25) is 14.0 Å². The molecule has 0 unspecified atom stereocenters. The molecule has 0 saturated carbocycles. The van der Waals surface area contributed by atoms with Gasteiger partial charge < -0.3 is 0 Å². The molecule has 0 aliphatic heterocycles. The van der Waals surface area contributed by atoms with Crippen LogP contribution in [0.3, 0.4) is 0 Å². The molecule has 0 fully saturated rings. The predicted molar refractivity (Wildman–Crippen MR) is 49.1 cm³/mol. The van der Waals surface area contributed by atoms with E-state index in [1.807, 2.05) is 0 Å². The average Bonchev–Trinajstić information content (AvgIpc) is 2.47. The van der Waals surface area contributed by atoms with Crippen LogP contribution in [-0.2, 0) is 0 Å². The maximum Gasteiger partial charge on any atom is 0.255 e. The average molecular weight is 173 g/mol. The molecule has 0 aromatic carbocycles. The van der Waals surface area contributed by atoms with Crippen molar-refractivity contribution in [3.05, 3.63) is 52.4 Å². The Balaban J connectivity index is 3.05. The van der Waals surface area contributed by atoms with Crippen molar-refractivity contribution < 1.29 is 4.79 Å². The second kappa shape index (κ2) is 2.86. The summed E-state index contributed by atoms with van der Waals surface area (Å²) in [4.78, 5) is 22.0. The minimum Gasteiger partial charge on any atom is -0.296 e. The molecule has 3 nitrogen and oxygen atoms in total. The monoisotopic (exact) mass is 173 g/mol. The molecule has 0 bridgehead atoms. The number of rotatable bonds is 1. The Labute approximate surface area is 74.2 Å². The molecule has 0 aliphatic rings. The summed E-state index contributed by atoms with van der Waals surface area (Å²) in [5.41, 5.74) is 0.931. The van der Waals surface area contributed by atoms with Gasteiger partial charge in [-0.15, -0.1) is 0 Å². The lowest BCUT2D eigenvalue weighted by Crippen LogP contribution is -2.09. The molecule has 0 radical (unpaired) electrons. The lowest BCUT2D eigenvalue weighted by atomic mass is 10.4. The third kappa shape index (κ3) is 1.14. The SMILES string of the molecule is O=Cc1ccc2ccccc(=O)n12. The summed E-state index contributed by atoms with van der Waals surface area (Å²) < 4.78 is 1.38. The van der Waals surface area contributed by atoms with Gasteiger partial charge in [0.2, 0.25) is 0 Å². The first-order valence-electron chi connectivity index (χ1n) is 3.89. The van der Waals surface area contributed by atoms with E-state index in [9.17, 15) is 9.59 Å². The number of hydrogen-bond donors (Lipinski definition) is 0. The highest BCUT2D eigenvalue weighted by molar-refractivity contribution is 5.75. The van der Waals surface area contributed by atoms with Crippen molar-refractivity contribution >= 4 is 11.8 Å². The first-order valence-corrected chi connectivity index (χ1v) is 3.89. The zero-order chi connectivity index (χ0) is 9.26. The van der Waals surface area contributed by atoms with Crippen LogP contribution in [0.2, 0.25) is 0 Å². The highest BCUT2D eigenvalue weighted by atomic mass is 16.1. The Kier molecular flexibility index (Phi) is 1.70. The van der Waals surface area contributed by atoms with Crippen molar-refractivity contribution in [3.8, 4) is 0 Å². The number of aldehydes is 1. The minimum absolute atomic E-state index is 0.188. The molecular weight excluding hydrogens is 166 g/mol. The molecule has 2 heterocycles. The molecule has 0 aliphatic carbocycles. The molecule has 0 spiro atoms. The second-order valence-corrected chi connectivity index (χ2v) is 2.69. The van der Waals surface area contributed by atoms with Gasteiger partial charge in [0.1, 0.15) is 0 Å². The number of carbonyl (C=O) groups excluding carboxylic acids is 1. The van der Waals surface area contributed by atoms with Crippen LogP contribution in [0.25, 0.3) is 5.52 Å². The summed E-state index contributed by atoms with van der Waals surface area (Å²) in [6.07, 6.45) is 0.675. The Morgan fingerprint density at radius 2 is 1.85 bits per heavy atom. The van der Waals surface area contributed by atoms with E-state index in [4.69, 9.17) is 0 Å². The Hall–Kier alpha value is -1.90. The van der Waals surface area contributed by atoms with Gasteiger partial charge in [0.05, 0.1) is 5.69 Å². The van der Waals surface area contributed by atoms with Crippen molar-refractivity contribution in [1.82, 2.24) is 4.40 Å². The summed E-state index contributed by atoms with van der Waals surface area (Å²) >= 11 is 0. The first-order chi connectivity index (χ1) is 6.33. The number of carbonyl (C=O) groups is 1. The highest BCUT2D eigenvalue weighted by Crippen LogP contribution is 2.03. The van der Waals surface area contributed by atoms with Crippen LogP contribution in [0.5, 0.6) is 0 Å². The minimum atomic E-state index is -0.188. The van der Waals surface area contributed by atoms with E-state index in [0.717, 1.165) is 5.52 Å². The molecule has 13 heavy (non-hydrogen) atoms. The lowest BCUT2D eigenvalue weighted by Gasteiger charge is -1.87. The topological polar surface area (TPSA) is 38.5 Å². The summed E-state index contributed by atoms with van der Waals surface area (Å²) in [6.45, 7) is 0. The van der Waals surface area contributed by atoms with E-state index >= 15 is 0 Å². The Morgan fingerprint density at radius 3 is 2.62 bits per heavy atom. The predicted octanol–water partition coefficient (Wildman–Crippen LogP) is 1.11. The van der Waals surface area contributed by atoms with E-state index in [1.165, 1.54) is 10.5 Å². The standard InChI is InChI=1S/C10H7NO2/c12-7-9-6-5-8-3-1-2-4-10(13)11(8)9/h1-7H. The van der Waals surface area contributed by atoms with Crippen LogP contribution < -0.4 is 5.56 Å². The van der Waals surface area contributed by atoms with E-state index < -0.39 is 0 Å². The van der Waals surface area contributed by atoms with Crippen molar-refractivity contribution in [2.24, 2.45) is 0 Å². The van der Waals surface area contributed by atoms with Crippen LogP contribution in [-0.4, -0.2) is 10.7 Å². The van der Waals surface area contributed by atoms with Crippen LogP contribution in [0, 0.1) is 0 Å². The second-order valence-electron chi connectivity index (χ2n) is 2.69. The molecule has 2 rings (SSSR count). The molecule has 0 saturated heterocycles. The zero-order valence-corrected chi connectivity index (χ0v) is 6.81. The molecule has 0 N–H and O–H groups in total. The largest absolute Gasteiger partial charge is 0.296 e. The van der Waals surface area contributed by atoms with Crippen molar-refractivity contribution in [2.75, 3.05) is 0 Å². The van der Waals surface area contributed by atoms with E-state index in [0.29, 0.717) is 12.0 Å². The van der Waals surface area contributed by atoms with Gasteiger partial charge in [-0.2, -0.15) is 0 Å². The fourth-order valence-electron chi connectivity index (χ4n) is 1.31. The summed E-state index contributed by atoms with van der Waals surface area (Å²) in [5, 5.41) is 0. The summed E-state index contributed by atoms with van der Waals surface area (Å²) in [6, 6.07) is 10.0. The maximum absolute atomic E-state index is 11.4. The van der Waals surface area contributed by atoms with Gasteiger partial charge in [-0.1, -0.05) is 12.1 Å². The van der Waals surface area contributed by atoms with Gasteiger partial charge in [-0.25, -0.2) is 0 Å². The Morgan fingerprint density at radius 1 is 1.08 bits per heavy atom. The molecule has 0 amide bonds. The fourth-order valence-corrected chi connectivity index (χ4v) is 1.31. The Bertz CT molecular complexity index is 514. The van der Waals surface area contributed by atoms with Gasteiger partial charge in [-0.05, 0) is 18.2 Å². The molecular formula is C10H7NO2. The molecule has 2 aromatic rings. The van der Waals surface area contributed by atoms with E-state index in [2.05, 4.69) is 0 Å². The maximum atomic E-state index is 11.4. The van der Waals surface area contributed by atoms with Crippen LogP contribution in [0.1, 0.15) is 10.5 Å². The zero-order valence-electron chi connectivity index (χ0n) is 6.81. The quantitative estimate of drug-likeness (QED) is 0.606. The molecule has 3 heteroatoms. The molecule has 0 atom stereocenters. The van der Waals surface area contributed by atoms with Crippen molar-refractivity contribution in [3.63, 3.8) is 0 Å². The van der Waals surface area contributed by atoms with Crippen molar-refractivity contribution in [1.29, 1.82) is 0 Å². The number of nitrogens with zero attached hydrogens (tertiary/aromatic N) is 1. The van der Waals surface area contributed by atoms with Crippen LogP contribution in [0.15, 0.2) is 41.2 Å². The summed E-state index contributed by atoms with van der Waals surface area (Å²) in [5.74, 6) is 0. The number of aromatic nitrogens is 1. The third-order valence-electron chi connectivity index (χ3n) is 1.90. The highest BCUT2D eigenvalue weighted by Gasteiger charge is 2.00. The third-order valence-corrected chi connectivity index (χ3v) is 1.90. The van der Waals surface area contributed by atoms with Crippen LogP contribution in [0.4, 0.5) is 0 Å². The molecule has 64 valence electrons. The van der Waals surface area contributed by atoms with E-state index in [-0.39, 0.29) is 5.56 Å². The van der Waals surface area contributed by atoms with Gasteiger partial charge in [0, 0.05) is 11.6 Å².